The number of carbonyl (C=O) groups is 1. The van der Waals surface area contributed by atoms with Crippen molar-refractivity contribution < 1.29 is 14.3 Å². The summed E-state index contributed by atoms with van der Waals surface area (Å²) in [6, 6.07) is 8.07. The minimum absolute atomic E-state index is 0.0134. The van der Waals surface area contributed by atoms with Gasteiger partial charge in [0.2, 0.25) is 0 Å². The van der Waals surface area contributed by atoms with Gasteiger partial charge in [-0.15, -0.1) is 11.6 Å². The summed E-state index contributed by atoms with van der Waals surface area (Å²) >= 11 is 6.60. The Bertz CT molecular complexity index is 913. The number of carbonyl (C=O) groups excluding carboxylic acids is 1. The second kappa shape index (κ2) is 8.95. The highest BCUT2D eigenvalue weighted by Gasteiger charge is 2.30. The van der Waals surface area contributed by atoms with Crippen LogP contribution in [0.5, 0.6) is 5.75 Å². The van der Waals surface area contributed by atoms with Gasteiger partial charge in [-0.1, -0.05) is 12.1 Å². The molecule has 0 amide bonds. The molecule has 0 aromatic heterocycles. The molecule has 156 valence electrons. The zero-order valence-corrected chi connectivity index (χ0v) is 18.2. The lowest BCUT2D eigenvalue weighted by atomic mass is 9.83. The first-order valence-electron chi connectivity index (χ1n) is 9.98. The summed E-state index contributed by atoms with van der Waals surface area (Å²) in [4.78, 5) is 12.5. The molecule has 0 heterocycles. The largest absolute Gasteiger partial charge is 0.494 e. The first-order chi connectivity index (χ1) is 13.9. The van der Waals surface area contributed by atoms with Gasteiger partial charge >= 0.3 is 5.97 Å². The van der Waals surface area contributed by atoms with Crippen LogP contribution in [0.3, 0.4) is 0 Å². The molecule has 1 aliphatic carbocycles. The van der Waals surface area contributed by atoms with Gasteiger partial charge in [0, 0.05) is 13.0 Å². The number of hydrogen-bond donors (Lipinski definition) is 2. The molecule has 0 saturated heterocycles. The molecular formula is C23H29ClN2O3. The molecule has 0 aliphatic heterocycles. The number of methoxy groups -OCH3 is 1. The third-order valence-corrected chi connectivity index (χ3v) is 6.09. The summed E-state index contributed by atoms with van der Waals surface area (Å²) in [6.07, 6.45) is 2.05. The SMILES string of the molecule is CCOC(=O)CC(c1cc(N)c(NC)c(OC)c1)c1ccc(C)c2c1CCC2Cl. The number of alkyl halides is 1. The van der Waals surface area contributed by atoms with Crippen LogP contribution in [-0.4, -0.2) is 26.7 Å². The smallest absolute Gasteiger partial charge is 0.306 e. The second-order valence-electron chi connectivity index (χ2n) is 7.37. The van der Waals surface area contributed by atoms with Crippen LogP contribution in [0.25, 0.3) is 0 Å². The minimum Gasteiger partial charge on any atom is -0.494 e. The van der Waals surface area contributed by atoms with Gasteiger partial charge in [0.1, 0.15) is 5.75 Å². The van der Waals surface area contributed by atoms with Crippen LogP contribution in [0.4, 0.5) is 11.4 Å². The molecular weight excluding hydrogens is 388 g/mol. The van der Waals surface area contributed by atoms with Crippen molar-refractivity contribution >= 4 is 28.9 Å². The van der Waals surface area contributed by atoms with E-state index in [9.17, 15) is 4.79 Å². The highest BCUT2D eigenvalue weighted by atomic mass is 35.5. The number of nitrogens with two attached hydrogens (primary N) is 1. The van der Waals surface area contributed by atoms with Crippen LogP contribution in [0.1, 0.15) is 58.9 Å². The fourth-order valence-corrected chi connectivity index (χ4v) is 4.75. The second-order valence-corrected chi connectivity index (χ2v) is 7.90. The number of aryl methyl sites for hydroxylation is 1. The van der Waals surface area contributed by atoms with Gasteiger partial charge in [0.15, 0.2) is 0 Å². The molecule has 0 radical (unpaired) electrons. The Morgan fingerprint density at radius 1 is 1.38 bits per heavy atom. The van der Waals surface area contributed by atoms with E-state index in [0.717, 1.165) is 29.7 Å². The quantitative estimate of drug-likeness (QED) is 0.380. The third-order valence-electron chi connectivity index (χ3n) is 5.65. The van der Waals surface area contributed by atoms with Crippen molar-refractivity contribution in [1.29, 1.82) is 0 Å². The fraction of sp³-hybridized carbons (Fsp3) is 0.435. The van der Waals surface area contributed by atoms with Gasteiger partial charge in [-0.2, -0.15) is 0 Å². The van der Waals surface area contributed by atoms with Gasteiger partial charge in [-0.3, -0.25) is 4.79 Å². The number of nitrogen functional groups attached to an aromatic ring is 1. The first kappa shape index (κ1) is 21.3. The van der Waals surface area contributed by atoms with E-state index in [4.69, 9.17) is 26.8 Å². The molecule has 6 heteroatoms. The highest BCUT2D eigenvalue weighted by Crippen LogP contribution is 2.45. The molecule has 2 aromatic carbocycles. The number of halogens is 1. The average Bonchev–Trinajstić information content (AvgIpc) is 3.09. The van der Waals surface area contributed by atoms with Gasteiger partial charge in [-0.25, -0.2) is 0 Å². The number of hydrogen-bond acceptors (Lipinski definition) is 5. The van der Waals surface area contributed by atoms with Crippen LogP contribution >= 0.6 is 11.6 Å². The summed E-state index contributed by atoms with van der Waals surface area (Å²) in [5.41, 5.74) is 13.3. The van der Waals surface area contributed by atoms with E-state index in [2.05, 4.69) is 24.4 Å². The van der Waals surface area contributed by atoms with Crippen molar-refractivity contribution in [2.75, 3.05) is 31.8 Å². The Labute approximate surface area is 177 Å². The first-order valence-corrected chi connectivity index (χ1v) is 10.4. The molecule has 0 spiro atoms. The average molecular weight is 417 g/mol. The topological polar surface area (TPSA) is 73.6 Å². The summed E-state index contributed by atoms with van der Waals surface area (Å²) in [7, 11) is 3.42. The van der Waals surface area contributed by atoms with Gasteiger partial charge in [0.05, 0.1) is 36.9 Å². The Hall–Kier alpha value is -2.40. The minimum atomic E-state index is -0.234. The Balaban J connectivity index is 2.15. The van der Waals surface area contributed by atoms with Crippen LogP contribution in [0.15, 0.2) is 24.3 Å². The molecule has 3 N–H and O–H groups in total. The van der Waals surface area contributed by atoms with Crippen molar-refractivity contribution in [3.8, 4) is 5.75 Å². The van der Waals surface area contributed by atoms with Crippen LogP contribution in [0.2, 0.25) is 0 Å². The molecule has 0 saturated carbocycles. The van der Waals surface area contributed by atoms with Crippen LogP contribution in [0, 0.1) is 6.92 Å². The third kappa shape index (κ3) is 4.15. The van der Waals surface area contributed by atoms with E-state index in [1.54, 1.807) is 14.2 Å². The summed E-state index contributed by atoms with van der Waals surface area (Å²) in [6.45, 7) is 4.26. The number of fused-ring (bicyclic) bond motifs is 1. The van der Waals surface area contributed by atoms with E-state index in [1.165, 1.54) is 16.7 Å². The summed E-state index contributed by atoms with van der Waals surface area (Å²) in [5, 5.41) is 3.09. The maximum absolute atomic E-state index is 12.5. The van der Waals surface area contributed by atoms with Crippen molar-refractivity contribution in [1.82, 2.24) is 0 Å². The van der Waals surface area contributed by atoms with Crippen molar-refractivity contribution in [2.45, 2.75) is 44.4 Å². The predicted molar refractivity (Wildman–Crippen MR) is 118 cm³/mol. The Morgan fingerprint density at radius 3 is 2.79 bits per heavy atom. The zero-order chi connectivity index (χ0) is 21.1. The Morgan fingerprint density at radius 2 is 2.14 bits per heavy atom. The maximum Gasteiger partial charge on any atom is 0.306 e. The molecule has 0 fully saturated rings. The lowest BCUT2D eigenvalue weighted by Crippen LogP contribution is -2.14. The molecule has 5 nitrogen and oxygen atoms in total. The molecule has 1 aliphatic rings. The number of esters is 1. The number of benzene rings is 2. The lowest BCUT2D eigenvalue weighted by molar-refractivity contribution is -0.143. The van der Waals surface area contributed by atoms with E-state index >= 15 is 0 Å². The zero-order valence-electron chi connectivity index (χ0n) is 17.5. The highest BCUT2D eigenvalue weighted by molar-refractivity contribution is 6.21. The van der Waals surface area contributed by atoms with E-state index in [0.29, 0.717) is 18.0 Å². The number of ether oxygens (including phenoxy) is 2. The Kier molecular flexibility index (Phi) is 6.58. The summed E-state index contributed by atoms with van der Waals surface area (Å²) in [5.74, 6) is 0.227. The van der Waals surface area contributed by atoms with Crippen LogP contribution in [-0.2, 0) is 16.0 Å². The standard InChI is InChI=1S/C23H29ClN2O3/c1-5-29-21(27)12-17(14-10-19(25)23(26-3)20(11-14)28-4)15-7-6-13(2)22-16(15)8-9-18(22)24/h6-7,10-11,17-18,26H,5,8-9,12,25H2,1-4H3. The molecule has 29 heavy (non-hydrogen) atoms. The lowest BCUT2D eigenvalue weighted by Gasteiger charge is -2.23. The maximum atomic E-state index is 12.5. The van der Waals surface area contributed by atoms with E-state index in [-0.39, 0.29) is 23.7 Å². The van der Waals surface area contributed by atoms with Gasteiger partial charge in [0.25, 0.3) is 0 Å². The van der Waals surface area contributed by atoms with E-state index < -0.39 is 0 Å². The van der Waals surface area contributed by atoms with E-state index in [1.807, 2.05) is 19.1 Å². The van der Waals surface area contributed by atoms with Crippen molar-refractivity contribution in [3.05, 3.63) is 52.1 Å². The number of nitrogens with one attached hydrogen (secondary N) is 1. The molecule has 2 atom stereocenters. The normalized spacial score (nSPS) is 16.2. The van der Waals surface area contributed by atoms with Crippen molar-refractivity contribution in [3.63, 3.8) is 0 Å². The van der Waals surface area contributed by atoms with Gasteiger partial charge in [-0.05, 0) is 66.6 Å². The monoisotopic (exact) mass is 416 g/mol. The number of anilines is 2. The molecule has 2 aromatic rings. The predicted octanol–water partition coefficient (Wildman–Crippen LogP) is 4.94. The fourth-order valence-electron chi connectivity index (χ4n) is 4.34. The van der Waals surface area contributed by atoms with Crippen LogP contribution < -0.4 is 15.8 Å². The molecule has 2 unspecified atom stereocenters. The molecule has 3 rings (SSSR count). The number of rotatable bonds is 7. The summed E-state index contributed by atoms with van der Waals surface area (Å²) < 4.78 is 10.8. The van der Waals surface area contributed by atoms with Crippen molar-refractivity contribution in [2.24, 2.45) is 0 Å². The van der Waals surface area contributed by atoms with Gasteiger partial charge < -0.3 is 20.5 Å². The molecule has 0 bridgehead atoms.